The molecule has 16 heavy (non-hydrogen) atoms. The summed E-state index contributed by atoms with van der Waals surface area (Å²) in [5.41, 5.74) is -0.0255. The Morgan fingerprint density at radius 2 is 1.50 bits per heavy atom. The molecule has 0 aromatic rings. The first-order valence-electron chi connectivity index (χ1n) is 6.37. The first-order chi connectivity index (χ1) is 7.56. The Bertz CT molecular complexity index is 276. The standard InChI is InChI=1S/C13H18F2O/c14-12(15)11(16)7-13-4-8-1-9(5-13)3-10(2-8)6-13/h8-10,12H,1-7H2. The molecule has 0 amide bonds. The van der Waals surface area contributed by atoms with Crippen LogP contribution < -0.4 is 0 Å². The summed E-state index contributed by atoms with van der Waals surface area (Å²) < 4.78 is 24.7. The monoisotopic (exact) mass is 228 g/mol. The Hall–Kier alpha value is -0.470. The minimum absolute atomic E-state index is 0.0255. The minimum atomic E-state index is -2.76. The molecule has 0 aromatic heterocycles. The van der Waals surface area contributed by atoms with Gasteiger partial charge in [-0.1, -0.05) is 0 Å². The first kappa shape index (κ1) is 10.7. The van der Waals surface area contributed by atoms with Crippen LogP contribution in [0.3, 0.4) is 0 Å². The van der Waals surface area contributed by atoms with Crippen molar-refractivity contribution >= 4 is 5.78 Å². The molecule has 0 aromatic carbocycles. The average Bonchev–Trinajstić information content (AvgIpc) is 2.13. The van der Waals surface area contributed by atoms with Gasteiger partial charge in [0, 0.05) is 6.42 Å². The van der Waals surface area contributed by atoms with Crippen LogP contribution in [0.5, 0.6) is 0 Å². The van der Waals surface area contributed by atoms with Gasteiger partial charge < -0.3 is 0 Å². The Labute approximate surface area is 94.6 Å². The summed E-state index contributed by atoms with van der Waals surface area (Å²) in [5.74, 6) is 1.38. The number of carbonyl (C=O) groups excluding carboxylic acids is 1. The lowest BCUT2D eigenvalue weighted by Crippen LogP contribution is -2.47. The molecule has 4 aliphatic rings. The van der Waals surface area contributed by atoms with Gasteiger partial charge in [-0.25, -0.2) is 8.78 Å². The van der Waals surface area contributed by atoms with Crippen molar-refractivity contribution in [3.05, 3.63) is 0 Å². The van der Waals surface area contributed by atoms with E-state index < -0.39 is 12.2 Å². The number of hydrogen-bond acceptors (Lipinski definition) is 1. The molecule has 0 atom stereocenters. The van der Waals surface area contributed by atoms with Gasteiger partial charge in [-0.05, 0) is 61.7 Å². The quantitative estimate of drug-likeness (QED) is 0.723. The lowest BCUT2D eigenvalue weighted by Gasteiger charge is -2.56. The molecular weight excluding hydrogens is 210 g/mol. The van der Waals surface area contributed by atoms with Crippen molar-refractivity contribution in [2.45, 2.75) is 51.4 Å². The molecule has 0 spiro atoms. The maximum Gasteiger partial charge on any atom is 0.296 e. The van der Waals surface area contributed by atoms with Crippen LogP contribution in [0.25, 0.3) is 0 Å². The predicted molar refractivity (Wildman–Crippen MR) is 56.2 cm³/mol. The number of carbonyl (C=O) groups is 1. The van der Waals surface area contributed by atoms with Gasteiger partial charge in [0.1, 0.15) is 0 Å². The van der Waals surface area contributed by atoms with Crippen molar-refractivity contribution < 1.29 is 13.6 Å². The van der Waals surface area contributed by atoms with E-state index in [0.717, 1.165) is 37.0 Å². The first-order valence-corrected chi connectivity index (χ1v) is 6.37. The molecule has 0 unspecified atom stereocenters. The van der Waals surface area contributed by atoms with Crippen molar-refractivity contribution in [3.8, 4) is 0 Å². The summed E-state index contributed by atoms with van der Waals surface area (Å²) in [6, 6.07) is 0. The number of Topliss-reactive ketones (excluding diaryl/α,β-unsaturated/α-hetero) is 1. The van der Waals surface area contributed by atoms with E-state index >= 15 is 0 Å². The molecule has 90 valence electrons. The van der Waals surface area contributed by atoms with Crippen molar-refractivity contribution in [3.63, 3.8) is 0 Å². The van der Waals surface area contributed by atoms with E-state index in [-0.39, 0.29) is 11.8 Å². The molecule has 4 saturated carbocycles. The molecule has 0 N–H and O–H groups in total. The summed E-state index contributed by atoms with van der Waals surface area (Å²) in [7, 11) is 0. The van der Waals surface area contributed by atoms with Crippen LogP contribution in [-0.4, -0.2) is 12.2 Å². The molecule has 4 aliphatic carbocycles. The third-order valence-corrected chi connectivity index (χ3v) is 4.96. The van der Waals surface area contributed by atoms with Crippen LogP contribution >= 0.6 is 0 Å². The zero-order valence-corrected chi connectivity index (χ0v) is 9.42. The molecule has 1 nitrogen and oxygen atoms in total. The Kier molecular flexibility index (Phi) is 2.34. The van der Waals surface area contributed by atoms with Crippen LogP contribution in [0.2, 0.25) is 0 Å². The van der Waals surface area contributed by atoms with Crippen molar-refractivity contribution in [2.24, 2.45) is 23.2 Å². The van der Waals surface area contributed by atoms with E-state index in [1.807, 2.05) is 0 Å². The number of alkyl halides is 2. The van der Waals surface area contributed by atoms with Crippen LogP contribution in [0.15, 0.2) is 0 Å². The van der Waals surface area contributed by atoms with Gasteiger partial charge >= 0.3 is 0 Å². The molecule has 0 heterocycles. The fraction of sp³-hybridized carbons (Fsp3) is 0.923. The van der Waals surface area contributed by atoms with Crippen LogP contribution in [0, 0.1) is 23.2 Å². The van der Waals surface area contributed by atoms with E-state index in [9.17, 15) is 13.6 Å². The normalized spacial score (nSPS) is 45.3. The van der Waals surface area contributed by atoms with Gasteiger partial charge in [0.15, 0.2) is 5.78 Å². The maximum absolute atomic E-state index is 12.4. The Morgan fingerprint density at radius 3 is 1.88 bits per heavy atom. The molecule has 0 aliphatic heterocycles. The topological polar surface area (TPSA) is 17.1 Å². The van der Waals surface area contributed by atoms with E-state index in [2.05, 4.69) is 0 Å². The molecule has 3 heteroatoms. The summed E-state index contributed by atoms with van der Waals surface area (Å²) in [5, 5.41) is 0. The highest BCUT2D eigenvalue weighted by Gasteiger charge is 2.51. The average molecular weight is 228 g/mol. The Balaban J connectivity index is 1.76. The van der Waals surface area contributed by atoms with E-state index in [1.165, 1.54) is 19.3 Å². The summed E-state index contributed by atoms with van der Waals surface area (Å²) >= 11 is 0. The predicted octanol–water partition coefficient (Wildman–Crippen LogP) is 3.43. The third kappa shape index (κ3) is 1.68. The van der Waals surface area contributed by atoms with Gasteiger partial charge in [0.2, 0.25) is 0 Å². The van der Waals surface area contributed by atoms with Crippen molar-refractivity contribution in [2.75, 3.05) is 0 Å². The van der Waals surface area contributed by atoms with Crippen molar-refractivity contribution in [1.29, 1.82) is 0 Å². The smallest absolute Gasteiger partial charge is 0.293 e. The van der Waals surface area contributed by atoms with Crippen molar-refractivity contribution in [1.82, 2.24) is 0 Å². The number of ketones is 1. The molecule has 0 radical (unpaired) electrons. The van der Waals surface area contributed by atoms with E-state index in [1.54, 1.807) is 0 Å². The lowest BCUT2D eigenvalue weighted by molar-refractivity contribution is -0.137. The fourth-order valence-corrected chi connectivity index (χ4v) is 4.95. The molecule has 4 bridgehead atoms. The largest absolute Gasteiger partial charge is 0.296 e. The number of hydrogen-bond donors (Lipinski definition) is 0. The SMILES string of the molecule is O=C(CC12CC3CC(CC(C3)C1)C2)C(F)F. The highest BCUT2D eigenvalue weighted by molar-refractivity contribution is 5.82. The van der Waals surface area contributed by atoms with Gasteiger partial charge in [-0.3, -0.25) is 4.79 Å². The second kappa shape index (κ2) is 3.51. The molecule has 0 saturated heterocycles. The molecule has 4 rings (SSSR count). The van der Waals surface area contributed by atoms with Crippen LogP contribution in [-0.2, 0) is 4.79 Å². The van der Waals surface area contributed by atoms with Gasteiger partial charge in [-0.15, -0.1) is 0 Å². The molecule has 4 fully saturated rings. The molecular formula is C13H18F2O. The zero-order chi connectivity index (χ0) is 11.3. The van der Waals surface area contributed by atoms with Crippen LogP contribution in [0.4, 0.5) is 8.78 Å². The zero-order valence-electron chi connectivity index (χ0n) is 9.42. The minimum Gasteiger partial charge on any atom is -0.293 e. The lowest BCUT2D eigenvalue weighted by atomic mass is 9.48. The highest BCUT2D eigenvalue weighted by atomic mass is 19.3. The van der Waals surface area contributed by atoms with E-state index in [4.69, 9.17) is 0 Å². The maximum atomic E-state index is 12.4. The van der Waals surface area contributed by atoms with Gasteiger partial charge in [-0.2, -0.15) is 0 Å². The summed E-state index contributed by atoms with van der Waals surface area (Å²) in [6.45, 7) is 0. The van der Waals surface area contributed by atoms with Gasteiger partial charge in [0.25, 0.3) is 6.43 Å². The fourth-order valence-electron chi connectivity index (χ4n) is 4.95. The van der Waals surface area contributed by atoms with Crippen LogP contribution in [0.1, 0.15) is 44.9 Å². The number of rotatable bonds is 3. The van der Waals surface area contributed by atoms with Gasteiger partial charge in [0.05, 0.1) is 0 Å². The summed E-state index contributed by atoms with van der Waals surface area (Å²) in [6.07, 6.45) is 4.39. The second-order valence-electron chi connectivity index (χ2n) is 6.36. The third-order valence-electron chi connectivity index (χ3n) is 4.96. The Morgan fingerprint density at radius 1 is 1.06 bits per heavy atom. The van der Waals surface area contributed by atoms with E-state index in [0.29, 0.717) is 0 Å². The summed E-state index contributed by atoms with van der Waals surface area (Å²) in [4.78, 5) is 11.3. The number of halogens is 2. The highest BCUT2D eigenvalue weighted by Crippen LogP contribution is 2.61. The second-order valence-corrected chi connectivity index (χ2v) is 6.36.